The summed E-state index contributed by atoms with van der Waals surface area (Å²) in [7, 11) is 1.39. The topological polar surface area (TPSA) is 76.2 Å². The van der Waals surface area contributed by atoms with Crippen LogP contribution in [0.4, 0.5) is 5.69 Å². The summed E-state index contributed by atoms with van der Waals surface area (Å²) in [4.78, 5) is 40.4. The molecule has 0 N–H and O–H groups in total. The minimum absolute atomic E-state index is 0.00658. The first-order chi connectivity index (χ1) is 12.8. The average Bonchev–Trinajstić information content (AvgIpc) is 2.67. The summed E-state index contributed by atoms with van der Waals surface area (Å²) in [5, 5.41) is 0. The van der Waals surface area contributed by atoms with Crippen LogP contribution in [0.5, 0.6) is 5.75 Å². The number of carbonyl (C=O) groups excluding carboxylic acids is 3. The Balaban J connectivity index is 1.62. The Kier molecular flexibility index (Phi) is 5.39. The second-order valence-corrected chi connectivity index (χ2v) is 7.47. The van der Waals surface area contributed by atoms with E-state index in [9.17, 15) is 14.4 Å². The average molecular weight is 374 g/mol. The number of benzene rings is 1. The van der Waals surface area contributed by atoms with Gasteiger partial charge in [0.15, 0.2) is 5.60 Å². The van der Waals surface area contributed by atoms with Crippen LogP contribution in [0.15, 0.2) is 24.3 Å². The van der Waals surface area contributed by atoms with Gasteiger partial charge in [0.1, 0.15) is 5.75 Å². The standard InChI is InChI=1S/C20H26N2O5/c1-20(2)19(25)22(15-6-4-5-7-16(15)27-20)13-10-17(23)21-11-8-14(9-12-21)18(24)26-3/h4-7,14H,8-13H2,1-3H3. The van der Waals surface area contributed by atoms with Crippen molar-refractivity contribution < 1.29 is 23.9 Å². The highest BCUT2D eigenvalue weighted by Gasteiger charge is 2.41. The van der Waals surface area contributed by atoms with Gasteiger partial charge in [-0.1, -0.05) is 12.1 Å². The third kappa shape index (κ3) is 3.91. The van der Waals surface area contributed by atoms with E-state index in [1.54, 1.807) is 23.6 Å². The second kappa shape index (κ2) is 7.58. The number of methoxy groups -OCH3 is 1. The number of likely N-dealkylation sites (tertiary alicyclic amines) is 1. The molecule has 0 aliphatic carbocycles. The molecule has 0 saturated carbocycles. The molecule has 1 aromatic rings. The Morgan fingerprint density at radius 1 is 1.22 bits per heavy atom. The summed E-state index contributed by atoms with van der Waals surface area (Å²) in [6.45, 7) is 4.85. The molecule has 0 radical (unpaired) electrons. The van der Waals surface area contributed by atoms with E-state index >= 15 is 0 Å². The van der Waals surface area contributed by atoms with Crippen molar-refractivity contribution in [3.63, 3.8) is 0 Å². The van der Waals surface area contributed by atoms with Crippen molar-refractivity contribution in [2.75, 3.05) is 31.6 Å². The van der Waals surface area contributed by atoms with Gasteiger partial charge < -0.3 is 19.3 Å². The van der Waals surface area contributed by atoms with Crippen molar-refractivity contribution in [1.29, 1.82) is 0 Å². The van der Waals surface area contributed by atoms with Crippen molar-refractivity contribution in [2.24, 2.45) is 5.92 Å². The molecule has 2 aliphatic heterocycles. The smallest absolute Gasteiger partial charge is 0.308 e. The normalized spacial score (nSPS) is 19.3. The van der Waals surface area contributed by atoms with Crippen molar-refractivity contribution in [2.45, 2.75) is 38.7 Å². The Bertz CT molecular complexity index is 738. The molecule has 0 atom stereocenters. The molecule has 3 rings (SSSR count). The fraction of sp³-hybridized carbons (Fsp3) is 0.550. The molecule has 27 heavy (non-hydrogen) atoms. The molecule has 0 spiro atoms. The van der Waals surface area contributed by atoms with Gasteiger partial charge in [-0.2, -0.15) is 0 Å². The molecule has 1 saturated heterocycles. The number of carbonyl (C=O) groups is 3. The van der Waals surface area contributed by atoms with Crippen molar-refractivity contribution in [1.82, 2.24) is 4.90 Å². The first-order valence-electron chi connectivity index (χ1n) is 9.29. The van der Waals surface area contributed by atoms with Gasteiger partial charge in [-0.15, -0.1) is 0 Å². The highest BCUT2D eigenvalue weighted by atomic mass is 16.5. The predicted molar refractivity (Wildman–Crippen MR) is 99.4 cm³/mol. The quantitative estimate of drug-likeness (QED) is 0.754. The van der Waals surface area contributed by atoms with Crippen LogP contribution in [0.2, 0.25) is 0 Å². The molecule has 2 amide bonds. The van der Waals surface area contributed by atoms with Crippen molar-refractivity contribution in [3.05, 3.63) is 24.3 Å². The van der Waals surface area contributed by atoms with Crippen molar-refractivity contribution >= 4 is 23.5 Å². The van der Waals surface area contributed by atoms with E-state index in [4.69, 9.17) is 9.47 Å². The van der Waals surface area contributed by atoms with Crippen LogP contribution in [-0.4, -0.2) is 55.0 Å². The number of ether oxygens (including phenoxy) is 2. The first kappa shape index (κ1) is 19.2. The maximum atomic E-state index is 12.8. The number of fused-ring (bicyclic) bond motifs is 1. The second-order valence-electron chi connectivity index (χ2n) is 7.47. The summed E-state index contributed by atoms with van der Waals surface area (Å²) in [6, 6.07) is 7.37. The number of piperidine rings is 1. The molecule has 2 heterocycles. The molecule has 146 valence electrons. The zero-order valence-electron chi connectivity index (χ0n) is 16.1. The largest absolute Gasteiger partial charge is 0.476 e. The van der Waals surface area contributed by atoms with Gasteiger partial charge in [-0.25, -0.2) is 0 Å². The van der Waals surface area contributed by atoms with Gasteiger partial charge in [-0.3, -0.25) is 14.4 Å². The van der Waals surface area contributed by atoms with Crippen LogP contribution >= 0.6 is 0 Å². The molecule has 7 nitrogen and oxygen atoms in total. The van der Waals surface area contributed by atoms with Crippen LogP contribution in [0.25, 0.3) is 0 Å². The molecular weight excluding hydrogens is 348 g/mol. The molecular formula is C20H26N2O5. The summed E-state index contributed by atoms with van der Waals surface area (Å²) >= 11 is 0. The zero-order chi connectivity index (χ0) is 19.6. The molecule has 7 heteroatoms. The predicted octanol–water partition coefficient (Wildman–Crippen LogP) is 1.99. The third-order valence-corrected chi connectivity index (χ3v) is 5.21. The number of hydrogen-bond donors (Lipinski definition) is 0. The lowest BCUT2D eigenvalue weighted by Crippen LogP contribution is -2.53. The van der Waals surface area contributed by atoms with Crippen LogP contribution in [-0.2, 0) is 19.1 Å². The molecule has 1 fully saturated rings. The number of nitrogens with zero attached hydrogens (tertiary/aromatic N) is 2. The maximum Gasteiger partial charge on any atom is 0.308 e. The van der Waals surface area contributed by atoms with Gasteiger partial charge in [0.05, 0.1) is 18.7 Å². The number of rotatable bonds is 4. The lowest BCUT2D eigenvalue weighted by Gasteiger charge is -2.39. The summed E-state index contributed by atoms with van der Waals surface area (Å²) < 4.78 is 10.6. The monoisotopic (exact) mass is 374 g/mol. The number of esters is 1. The van der Waals surface area contributed by atoms with Crippen LogP contribution in [0, 0.1) is 5.92 Å². The fourth-order valence-corrected chi connectivity index (χ4v) is 3.64. The highest BCUT2D eigenvalue weighted by Crippen LogP contribution is 2.37. The number of anilines is 1. The van der Waals surface area contributed by atoms with Gasteiger partial charge >= 0.3 is 5.97 Å². The van der Waals surface area contributed by atoms with Crippen LogP contribution < -0.4 is 9.64 Å². The molecule has 0 unspecified atom stereocenters. The van der Waals surface area contributed by atoms with Gasteiger partial charge in [0.2, 0.25) is 5.91 Å². The SMILES string of the molecule is COC(=O)C1CCN(C(=O)CCN2C(=O)C(C)(C)Oc3ccccc32)CC1. The third-order valence-electron chi connectivity index (χ3n) is 5.21. The zero-order valence-corrected chi connectivity index (χ0v) is 16.1. The van der Waals surface area contributed by atoms with Gasteiger partial charge in [-0.05, 0) is 38.8 Å². The van der Waals surface area contributed by atoms with Gasteiger partial charge in [0.25, 0.3) is 5.91 Å². The van der Waals surface area contributed by atoms with Gasteiger partial charge in [0, 0.05) is 26.1 Å². The van der Waals surface area contributed by atoms with E-state index in [-0.39, 0.29) is 30.1 Å². The molecule has 0 bridgehead atoms. The molecule has 0 aromatic heterocycles. The maximum absolute atomic E-state index is 12.8. The Morgan fingerprint density at radius 3 is 2.56 bits per heavy atom. The van der Waals surface area contributed by atoms with E-state index in [0.29, 0.717) is 43.9 Å². The molecule has 2 aliphatic rings. The van der Waals surface area contributed by atoms with E-state index in [0.717, 1.165) is 0 Å². The number of para-hydroxylation sites is 2. The summed E-state index contributed by atoms with van der Waals surface area (Å²) in [5.41, 5.74) is -0.269. The lowest BCUT2D eigenvalue weighted by atomic mass is 9.97. The summed E-state index contributed by atoms with van der Waals surface area (Å²) in [5.74, 6) is 0.145. The fourth-order valence-electron chi connectivity index (χ4n) is 3.64. The minimum Gasteiger partial charge on any atom is -0.476 e. The van der Waals surface area contributed by atoms with Crippen LogP contribution in [0.3, 0.4) is 0 Å². The van der Waals surface area contributed by atoms with Crippen LogP contribution in [0.1, 0.15) is 33.1 Å². The number of hydrogen-bond acceptors (Lipinski definition) is 5. The highest BCUT2D eigenvalue weighted by molar-refractivity contribution is 6.02. The minimum atomic E-state index is -0.962. The van der Waals surface area contributed by atoms with E-state index in [1.165, 1.54) is 7.11 Å². The lowest BCUT2D eigenvalue weighted by molar-refractivity contribution is -0.149. The Morgan fingerprint density at radius 2 is 1.89 bits per heavy atom. The first-order valence-corrected chi connectivity index (χ1v) is 9.29. The van der Waals surface area contributed by atoms with E-state index in [1.807, 2.05) is 24.3 Å². The van der Waals surface area contributed by atoms with Crippen molar-refractivity contribution in [3.8, 4) is 5.75 Å². The van der Waals surface area contributed by atoms with E-state index in [2.05, 4.69) is 0 Å². The summed E-state index contributed by atoms with van der Waals surface area (Å²) in [6.07, 6.45) is 1.47. The Labute approximate surface area is 159 Å². The Hall–Kier alpha value is -2.57. The van der Waals surface area contributed by atoms with E-state index < -0.39 is 5.60 Å². The molecule has 1 aromatic carbocycles. The number of amides is 2.